The van der Waals surface area contributed by atoms with E-state index in [0.717, 1.165) is 0 Å². The van der Waals surface area contributed by atoms with Crippen molar-refractivity contribution in [2.24, 2.45) is 0 Å². The SMILES string of the molecule is SC(S)CNc1nc(Cl)ns1. The van der Waals surface area contributed by atoms with Gasteiger partial charge >= 0.3 is 0 Å². The van der Waals surface area contributed by atoms with E-state index in [1.807, 2.05) is 0 Å². The van der Waals surface area contributed by atoms with E-state index in [9.17, 15) is 0 Å². The van der Waals surface area contributed by atoms with Gasteiger partial charge in [0.25, 0.3) is 0 Å². The Morgan fingerprint density at radius 1 is 1.64 bits per heavy atom. The standard InChI is InChI=1S/C4H6ClN3S3/c5-3-7-4(11-8-3)6-1-2(9)10/h2,9-10H,1H2,(H,6,7,8). The lowest BCUT2D eigenvalue weighted by molar-refractivity contribution is 1.17. The second-order valence-electron chi connectivity index (χ2n) is 1.73. The molecule has 1 aromatic heterocycles. The van der Waals surface area contributed by atoms with Gasteiger partial charge in [0.15, 0.2) is 0 Å². The van der Waals surface area contributed by atoms with Crippen molar-refractivity contribution in [3.8, 4) is 0 Å². The number of nitrogens with zero attached hydrogens (tertiary/aromatic N) is 2. The number of anilines is 1. The van der Waals surface area contributed by atoms with E-state index in [4.69, 9.17) is 11.6 Å². The highest BCUT2D eigenvalue weighted by Crippen LogP contribution is 2.14. The molecule has 1 N–H and O–H groups in total. The summed E-state index contributed by atoms with van der Waals surface area (Å²) in [5.41, 5.74) is 0. The maximum atomic E-state index is 5.49. The van der Waals surface area contributed by atoms with Crippen LogP contribution in [0.3, 0.4) is 0 Å². The van der Waals surface area contributed by atoms with Crippen LogP contribution in [0.1, 0.15) is 0 Å². The van der Waals surface area contributed by atoms with Crippen molar-refractivity contribution in [2.75, 3.05) is 11.9 Å². The van der Waals surface area contributed by atoms with Crippen LogP contribution in [0.2, 0.25) is 5.28 Å². The first kappa shape index (κ1) is 9.44. The Balaban J connectivity index is 2.39. The van der Waals surface area contributed by atoms with Crippen LogP contribution in [0.15, 0.2) is 0 Å². The summed E-state index contributed by atoms with van der Waals surface area (Å²) >= 11 is 14.8. The van der Waals surface area contributed by atoms with E-state index in [1.54, 1.807) is 0 Å². The smallest absolute Gasteiger partial charge is 0.236 e. The molecule has 7 heteroatoms. The lowest BCUT2D eigenvalue weighted by Gasteiger charge is -2.01. The Morgan fingerprint density at radius 3 is 2.82 bits per heavy atom. The van der Waals surface area contributed by atoms with Crippen LogP contribution in [-0.4, -0.2) is 20.5 Å². The molecule has 0 aliphatic carbocycles. The summed E-state index contributed by atoms with van der Waals surface area (Å²) in [5.74, 6) is 0. The average Bonchev–Trinajstić information content (AvgIpc) is 2.31. The zero-order valence-electron chi connectivity index (χ0n) is 5.36. The summed E-state index contributed by atoms with van der Waals surface area (Å²) in [6, 6.07) is 0. The molecule has 3 nitrogen and oxygen atoms in total. The van der Waals surface area contributed by atoms with Gasteiger partial charge in [-0.25, -0.2) is 0 Å². The van der Waals surface area contributed by atoms with Crippen LogP contribution in [0.5, 0.6) is 0 Å². The Labute approximate surface area is 84.5 Å². The largest absolute Gasteiger partial charge is 0.358 e. The predicted octanol–water partition coefficient (Wildman–Crippen LogP) is 1.79. The first-order valence-corrected chi connectivity index (χ1v) is 4.96. The van der Waals surface area contributed by atoms with Crippen LogP contribution in [0, 0.1) is 0 Å². The number of thiol groups is 2. The molecule has 1 rings (SSSR count). The van der Waals surface area contributed by atoms with Crippen molar-refractivity contribution in [3.63, 3.8) is 0 Å². The van der Waals surface area contributed by atoms with Crippen molar-refractivity contribution >= 4 is 53.5 Å². The molecule has 62 valence electrons. The highest BCUT2D eigenvalue weighted by atomic mass is 35.5. The third-order valence-corrected chi connectivity index (χ3v) is 2.14. The predicted molar refractivity (Wildman–Crippen MR) is 55.2 cm³/mol. The lowest BCUT2D eigenvalue weighted by Crippen LogP contribution is -2.08. The van der Waals surface area contributed by atoms with Crippen LogP contribution < -0.4 is 5.32 Å². The highest BCUT2D eigenvalue weighted by Gasteiger charge is 2.01. The molecule has 0 unspecified atom stereocenters. The van der Waals surface area contributed by atoms with Gasteiger partial charge in [-0.15, -0.1) is 0 Å². The summed E-state index contributed by atoms with van der Waals surface area (Å²) in [5, 5.41) is 3.94. The number of aromatic nitrogens is 2. The van der Waals surface area contributed by atoms with Crippen molar-refractivity contribution in [1.29, 1.82) is 0 Å². The molecule has 0 aromatic carbocycles. The molecule has 0 spiro atoms. The van der Waals surface area contributed by atoms with Crippen LogP contribution in [0.25, 0.3) is 0 Å². The van der Waals surface area contributed by atoms with E-state index in [1.165, 1.54) is 11.5 Å². The van der Waals surface area contributed by atoms with Gasteiger partial charge in [-0.2, -0.15) is 34.6 Å². The van der Waals surface area contributed by atoms with E-state index in [2.05, 4.69) is 39.9 Å². The minimum absolute atomic E-state index is 0.00215. The number of halogens is 1. The molecule has 1 heterocycles. The number of rotatable bonds is 3. The first-order chi connectivity index (χ1) is 5.18. The van der Waals surface area contributed by atoms with Gasteiger partial charge < -0.3 is 5.32 Å². The Morgan fingerprint density at radius 2 is 2.36 bits per heavy atom. The first-order valence-electron chi connectivity index (χ1n) is 2.77. The molecule has 0 radical (unpaired) electrons. The van der Waals surface area contributed by atoms with Gasteiger partial charge in [-0.05, 0) is 11.6 Å². The number of hydrogen-bond acceptors (Lipinski definition) is 6. The zero-order valence-corrected chi connectivity index (χ0v) is 8.72. The minimum Gasteiger partial charge on any atom is -0.358 e. The molecule has 0 bridgehead atoms. The molecule has 0 saturated heterocycles. The second kappa shape index (κ2) is 4.39. The third kappa shape index (κ3) is 3.50. The Kier molecular flexibility index (Phi) is 3.77. The molecule has 0 amide bonds. The fourth-order valence-corrected chi connectivity index (χ4v) is 1.35. The molecule has 0 fully saturated rings. The van der Waals surface area contributed by atoms with E-state index >= 15 is 0 Å². The summed E-state index contributed by atoms with van der Waals surface area (Å²) in [7, 11) is 0. The molecular weight excluding hydrogens is 222 g/mol. The number of hydrogen-bond donors (Lipinski definition) is 3. The summed E-state index contributed by atoms with van der Waals surface area (Å²) in [6.45, 7) is 0.637. The minimum atomic E-state index is -0.00215. The molecule has 0 atom stereocenters. The van der Waals surface area contributed by atoms with E-state index in [-0.39, 0.29) is 9.87 Å². The highest BCUT2D eigenvalue weighted by molar-refractivity contribution is 7.99. The monoisotopic (exact) mass is 227 g/mol. The summed E-state index contributed by atoms with van der Waals surface area (Å²) < 4.78 is 3.78. The number of nitrogens with one attached hydrogen (secondary N) is 1. The fraction of sp³-hybridized carbons (Fsp3) is 0.500. The molecule has 0 aliphatic rings. The third-order valence-electron chi connectivity index (χ3n) is 0.837. The van der Waals surface area contributed by atoms with Gasteiger partial charge in [-0.1, -0.05) is 0 Å². The van der Waals surface area contributed by atoms with Gasteiger partial charge in [0.2, 0.25) is 10.4 Å². The molecular formula is C4H6ClN3S3. The van der Waals surface area contributed by atoms with Crippen molar-refractivity contribution in [2.45, 2.75) is 4.58 Å². The quantitative estimate of drug-likeness (QED) is 0.545. The van der Waals surface area contributed by atoms with Gasteiger partial charge in [0.05, 0.1) is 4.58 Å². The van der Waals surface area contributed by atoms with Crippen LogP contribution in [-0.2, 0) is 0 Å². The molecule has 1 aromatic rings. The fourth-order valence-electron chi connectivity index (χ4n) is 0.456. The van der Waals surface area contributed by atoms with Gasteiger partial charge in [0, 0.05) is 18.1 Å². The topological polar surface area (TPSA) is 37.8 Å². The van der Waals surface area contributed by atoms with Gasteiger partial charge in [-0.3, -0.25) is 0 Å². The van der Waals surface area contributed by atoms with Crippen LogP contribution in [0.4, 0.5) is 5.13 Å². The Hall–Kier alpha value is 0.350. The van der Waals surface area contributed by atoms with Crippen molar-refractivity contribution in [3.05, 3.63) is 5.28 Å². The summed E-state index contributed by atoms with van der Waals surface area (Å²) in [6.07, 6.45) is 0. The lowest BCUT2D eigenvalue weighted by atomic mass is 10.7. The van der Waals surface area contributed by atoms with Crippen molar-refractivity contribution < 1.29 is 0 Å². The van der Waals surface area contributed by atoms with Crippen LogP contribution >= 0.6 is 48.4 Å². The molecule has 11 heavy (non-hydrogen) atoms. The summed E-state index contributed by atoms with van der Waals surface area (Å²) in [4.78, 5) is 3.88. The normalized spacial score (nSPS) is 10.5. The van der Waals surface area contributed by atoms with Crippen molar-refractivity contribution in [1.82, 2.24) is 9.36 Å². The van der Waals surface area contributed by atoms with E-state index in [0.29, 0.717) is 11.7 Å². The second-order valence-corrected chi connectivity index (χ2v) is 4.47. The maximum absolute atomic E-state index is 5.49. The average molecular weight is 228 g/mol. The Bertz CT molecular complexity index is 226. The maximum Gasteiger partial charge on any atom is 0.236 e. The van der Waals surface area contributed by atoms with Gasteiger partial charge in [0.1, 0.15) is 0 Å². The molecule has 0 aliphatic heterocycles. The molecule has 0 saturated carbocycles. The zero-order chi connectivity index (χ0) is 8.27. The van der Waals surface area contributed by atoms with E-state index < -0.39 is 0 Å².